The van der Waals surface area contributed by atoms with E-state index < -0.39 is 5.60 Å². The van der Waals surface area contributed by atoms with Crippen LogP contribution < -0.4 is 5.32 Å². The van der Waals surface area contributed by atoms with Gasteiger partial charge in [-0.15, -0.1) is 0 Å². The highest BCUT2D eigenvalue weighted by molar-refractivity contribution is 5.56. The highest BCUT2D eigenvalue weighted by Gasteiger charge is 2.38. The summed E-state index contributed by atoms with van der Waals surface area (Å²) in [6.45, 7) is 1.13. The summed E-state index contributed by atoms with van der Waals surface area (Å²) in [5, 5.41) is 26.6. The molecule has 6 nitrogen and oxygen atoms in total. The molecule has 0 spiro atoms. The molecule has 0 amide bonds. The quantitative estimate of drug-likeness (QED) is 0.720. The van der Waals surface area contributed by atoms with Crippen LogP contribution in [0.25, 0.3) is 11.4 Å². The molecule has 3 N–H and O–H groups in total. The van der Waals surface area contributed by atoms with Crippen LogP contribution in [-0.2, 0) is 5.60 Å². The van der Waals surface area contributed by atoms with Gasteiger partial charge in [-0.3, -0.25) is 0 Å². The number of phenolic OH excluding ortho intramolecular Hbond substituents is 1. The molecule has 1 aromatic carbocycles. The molecule has 1 aliphatic heterocycles. The van der Waals surface area contributed by atoms with Crippen molar-refractivity contribution in [3.05, 3.63) is 30.2 Å². The zero-order valence-corrected chi connectivity index (χ0v) is 9.63. The molecule has 1 fully saturated rings. The van der Waals surface area contributed by atoms with E-state index in [9.17, 15) is 10.2 Å². The minimum absolute atomic E-state index is 0.139. The number of hydrogen-bond acceptors (Lipinski definition) is 6. The third-order valence-electron chi connectivity index (χ3n) is 3.06. The first-order valence-electron chi connectivity index (χ1n) is 5.74. The number of β-amino-alcohol motifs (C(OH)–C–C–N with tert-alkyl or cyclic N) is 1. The molecular weight excluding hydrogens is 234 g/mol. The average Bonchev–Trinajstić information content (AvgIpc) is 2.98. The van der Waals surface area contributed by atoms with E-state index in [0.717, 1.165) is 6.54 Å². The number of phenols is 1. The second-order valence-electron chi connectivity index (χ2n) is 4.43. The summed E-state index contributed by atoms with van der Waals surface area (Å²) in [5.74, 6) is 0.715. The Hall–Kier alpha value is -1.92. The second-order valence-corrected chi connectivity index (χ2v) is 4.43. The van der Waals surface area contributed by atoms with Crippen molar-refractivity contribution in [3.8, 4) is 17.1 Å². The van der Waals surface area contributed by atoms with Crippen LogP contribution in [0.4, 0.5) is 0 Å². The SMILES string of the molecule is Oc1cccc(-c2noc(C3(O)CCNC3)n2)c1. The molecule has 6 heteroatoms. The highest BCUT2D eigenvalue weighted by atomic mass is 16.5. The molecular formula is C12H13N3O3. The number of benzene rings is 1. The van der Waals surface area contributed by atoms with Gasteiger partial charge in [-0.1, -0.05) is 17.3 Å². The summed E-state index contributed by atoms with van der Waals surface area (Å²) in [4.78, 5) is 4.20. The number of hydrogen-bond donors (Lipinski definition) is 3. The minimum Gasteiger partial charge on any atom is -0.508 e. The lowest BCUT2D eigenvalue weighted by Gasteiger charge is -2.14. The van der Waals surface area contributed by atoms with E-state index in [2.05, 4.69) is 15.5 Å². The van der Waals surface area contributed by atoms with Crippen molar-refractivity contribution in [3.63, 3.8) is 0 Å². The number of nitrogens with zero attached hydrogens (tertiary/aromatic N) is 2. The molecule has 1 unspecified atom stereocenters. The predicted octanol–water partition coefficient (Wildman–Crippen LogP) is 0.623. The summed E-state index contributed by atoms with van der Waals surface area (Å²) in [7, 11) is 0. The molecule has 18 heavy (non-hydrogen) atoms. The smallest absolute Gasteiger partial charge is 0.260 e. The Labute approximate surface area is 103 Å². The van der Waals surface area contributed by atoms with Gasteiger partial charge in [-0.05, 0) is 25.1 Å². The number of aliphatic hydroxyl groups is 1. The maximum Gasteiger partial charge on any atom is 0.260 e. The van der Waals surface area contributed by atoms with Crippen LogP contribution in [0.2, 0.25) is 0 Å². The van der Waals surface area contributed by atoms with Crippen molar-refractivity contribution >= 4 is 0 Å². The van der Waals surface area contributed by atoms with E-state index in [1.807, 2.05) is 0 Å². The molecule has 3 rings (SSSR count). The molecule has 1 aromatic heterocycles. The van der Waals surface area contributed by atoms with E-state index in [0.29, 0.717) is 24.4 Å². The third kappa shape index (κ3) is 1.85. The van der Waals surface area contributed by atoms with Gasteiger partial charge in [0.25, 0.3) is 5.89 Å². The Morgan fingerprint density at radius 2 is 2.28 bits per heavy atom. The predicted molar refractivity (Wildman–Crippen MR) is 62.8 cm³/mol. The van der Waals surface area contributed by atoms with E-state index >= 15 is 0 Å². The van der Waals surface area contributed by atoms with Gasteiger partial charge >= 0.3 is 0 Å². The van der Waals surface area contributed by atoms with Gasteiger partial charge in [0.2, 0.25) is 5.82 Å². The van der Waals surface area contributed by atoms with E-state index in [4.69, 9.17) is 4.52 Å². The van der Waals surface area contributed by atoms with Crippen LogP contribution in [-0.4, -0.2) is 33.4 Å². The Bertz CT molecular complexity index is 561. The summed E-state index contributed by atoms with van der Waals surface area (Å²) in [5.41, 5.74) is -0.429. The first-order valence-corrected chi connectivity index (χ1v) is 5.74. The lowest BCUT2D eigenvalue weighted by Crippen LogP contribution is -2.28. The molecule has 0 bridgehead atoms. The molecule has 94 valence electrons. The summed E-state index contributed by atoms with van der Waals surface area (Å²) >= 11 is 0. The Balaban J connectivity index is 1.94. The molecule has 1 atom stereocenters. The summed E-state index contributed by atoms with van der Waals surface area (Å²) < 4.78 is 5.11. The maximum absolute atomic E-state index is 10.3. The van der Waals surface area contributed by atoms with Gasteiger partial charge in [-0.2, -0.15) is 4.98 Å². The number of aromatic hydroxyl groups is 1. The first kappa shape index (κ1) is 11.2. The van der Waals surface area contributed by atoms with E-state index in [1.165, 1.54) is 0 Å². The Morgan fingerprint density at radius 3 is 3.00 bits per heavy atom. The number of rotatable bonds is 2. The van der Waals surface area contributed by atoms with Crippen LogP contribution >= 0.6 is 0 Å². The summed E-state index contributed by atoms with van der Waals surface area (Å²) in [6.07, 6.45) is 0.550. The van der Waals surface area contributed by atoms with Gasteiger partial charge in [0.05, 0.1) is 0 Å². The van der Waals surface area contributed by atoms with Crippen molar-refractivity contribution < 1.29 is 14.7 Å². The van der Waals surface area contributed by atoms with Crippen molar-refractivity contribution in [2.24, 2.45) is 0 Å². The summed E-state index contributed by atoms with van der Waals surface area (Å²) in [6, 6.07) is 6.59. The van der Waals surface area contributed by atoms with E-state index in [-0.39, 0.29) is 11.6 Å². The molecule has 0 saturated carbocycles. The van der Waals surface area contributed by atoms with Crippen molar-refractivity contribution in [1.29, 1.82) is 0 Å². The highest BCUT2D eigenvalue weighted by Crippen LogP contribution is 2.28. The zero-order valence-electron chi connectivity index (χ0n) is 9.63. The van der Waals surface area contributed by atoms with Crippen molar-refractivity contribution in [2.45, 2.75) is 12.0 Å². The third-order valence-corrected chi connectivity index (χ3v) is 3.06. The van der Waals surface area contributed by atoms with E-state index in [1.54, 1.807) is 24.3 Å². The minimum atomic E-state index is -1.08. The van der Waals surface area contributed by atoms with Crippen molar-refractivity contribution in [2.75, 3.05) is 13.1 Å². The standard InChI is InChI=1S/C12H13N3O3/c16-9-3-1-2-8(6-9)10-14-11(18-15-10)12(17)4-5-13-7-12/h1-3,6,13,16-17H,4-5,7H2. The van der Waals surface area contributed by atoms with Crippen molar-refractivity contribution in [1.82, 2.24) is 15.5 Å². The maximum atomic E-state index is 10.3. The number of aromatic nitrogens is 2. The molecule has 2 heterocycles. The average molecular weight is 247 g/mol. The molecule has 0 aliphatic carbocycles. The molecule has 1 aliphatic rings. The van der Waals surface area contributed by atoms with Gasteiger partial charge < -0.3 is 20.1 Å². The topological polar surface area (TPSA) is 91.4 Å². The molecule has 2 aromatic rings. The fourth-order valence-corrected chi connectivity index (χ4v) is 2.04. The molecule has 1 saturated heterocycles. The Morgan fingerprint density at radius 1 is 1.39 bits per heavy atom. The first-order chi connectivity index (χ1) is 8.67. The van der Waals surface area contributed by atoms with Crippen LogP contribution in [0.15, 0.2) is 28.8 Å². The number of nitrogens with one attached hydrogen (secondary N) is 1. The van der Waals surface area contributed by atoms with Gasteiger partial charge in [0, 0.05) is 12.1 Å². The van der Waals surface area contributed by atoms with Crippen LogP contribution in [0.5, 0.6) is 5.75 Å². The lowest BCUT2D eigenvalue weighted by atomic mass is 10.0. The largest absolute Gasteiger partial charge is 0.508 e. The zero-order chi connectivity index (χ0) is 12.6. The van der Waals surface area contributed by atoms with Crippen LogP contribution in [0.1, 0.15) is 12.3 Å². The fraction of sp³-hybridized carbons (Fsp3) is 0.333. The second kappa shape index (κ2) is 4.08. The normalized spacial score (nSPS) is 23.4. The lowest BCUT2D eigenvalue weighted by molar-refractivity contribution is 0.0243. The van der Waals surface area contributed by atoms with Crippen LogP contribution in [0.3, 0.4) is 0 Å². The van der Waals surface area contributed by atoms with Gasteiger partial charge in [0.15, 0.2) is 5.60 Å². The van der Waals surface area contributed by atoms with Gasteiger partial charge in [0.1, 0.15) is 5.75 Å². The monoisotopic (exact) mass is 247 g/mol. The van der Waals surface area contributed by atoms with Gasteiger partial charge in [-0.25, -0.2) is 0 Å². The fourth-order valence-electron chi connectivity index (χ4n) is 2.04. The Kier molecular flexibility index (Phi) is 2.53. The van der Waals surface area contributed by atoms with Crippen LogP contribution in [0, 0.1) is 0 Å². The molecule has 0 radical (unpaired) electrons.